The molecule has 1 fully saturated rings. The van der Waals surface area contributed by atoms with Gasteiger partial charge in [0.2, 0.25) is 5.13 Å². The molecule has 138 valence electrons. The van der Waals surface area contributed by atoms with Gasteiger partial charge in [-0.2, -0.15) is 0 Å². The van der Waals surface area contributed by atoms with Crippen molar-refractivity contribution < 1.29 is 4.79 Å². The minimum atomic E-state index is -0.338. The summed E-state index contributed by atoms with van der Waals surface area (Å²) in [6.45, 7) is 4.07. The van der Waals surface area contributed by atoms with Gasteiger partial charge in [-0.3, -0.25) is 4.79 Å². The Bertz CT molecular complexity index is 931. The maximum atomic E-state index is 13.3. The van der Waals surface area contributed by atoms with E-state index < -0.39 is 0 Å². The highest BCUT2D eigenvalue weighted by molar-refractivity contribution is 8.02. The molecule has 1 atom stereocenters. The molecule has 1 aliphatic carbocycles. The summed E-state index contributed by atoms with van der Waals surface area (Å²) in [5, 5.41) is 12.4. The van der Waals surface area contributed by atoms with Crippen molar-refractivity contribution in [3.05, 3.63) is 70.8 Å². The second kappa shape index (κ2) is 7.82. The van der Waals surface area contributed by atoms with Crippen LogP contribution >= 0.6 is 23.1 Å². The van der Waals surface area contributed by atoms with E-state index >= 15 is 0 Å². The molecule has 0 spiro atoms. The van der Waals surface area contributed by atoms with Gasteiger partial charge >= 0.3 is 0 Å². The number of Topliss-reactive ketones (excluding diaryl/α,β-unsaturated/α-hetero) is 1. The minimum Gasteiger partial charge on any atom is -0.357 e. The number of rotatable bonds is 7. The first kappa shape index (κ1) is 18.2. The van der Waals surface area contributed by atoms with Crippen LogP contribution < -0.4 is 5.32 Å². The third kappa shape index (κ3) is 4.57. The van der Waals surface area contributed by atoms with Crippen molar-refractivity contribution in [3.8, 4) is 0 Å². The highest BCUT2D eigenvalue weighted by Gasteiger charge is 2.26. The van der Waals surface area contributed by atoms with Gasteiger partial charge in [0.25, 0.3) is 0 Å². The molecule has 4 nitrogen and oxygen atoms in total. The number of hydrogen-bond donors (Lipinski definition) is 1. The maximum absolute atomic E-state index is 13.3. The lowest BCUT2D eigenvalue weighted by Crippen LogP contribution is -2.10. The highest BCUT2D eigenvalue weighted by atomic mass is 32.2. The second-order valence-electron chi connectivity index (χ2n) is 6.93. The molecule has 1 saturated carbocycles. The van der Waals surface area contributed by atoms with Crippen molar-refractivity contribution in [2.75, 3.05) is 5.32 Å². The van der Waals surface area contributed by atoms with Crippen LogP contribution in [0, 0.1) is 13.8 Å². The summed E-state index contributed by atoms with van der Waals surface area (Å²) >= 11 is 3.00. The predicted octanol–water partition coefficient (Wildman–Crippen LogP) is 5.45. The molecule has 1 aliphatic rings. The zero-order valence-corrected chi connectivity index (χ0v) is 16.9. The maximum Gasteiger partial charge on any atom is 0.206 e. The smallest absolute Gasteiger partial charge is 0.206 e. The van der Waals surface area contributed by atoms with E-state index in [-0.39, 0.29) is 11.0 Å². The average molecular weight is 396 g/mol. The van der Waals surface area contributed by atoms with Gasteiger partial charge in [-0.05, 0) is 32.3 Å². The van der Waals surface area contributed by atoms with Gasteiger partial charge in [0, 0.05) is 11.6 Å². The molecule has 0 unspecified atom stereocenters. The minimum absolute atomic E-state index is 0.0933. The Kier molecular flexibility index (Phi) is 5.27. The van der Waals surface area contributed by atoms with Crippen molar-refractivity contribution in [3.63, 3.8) is 0 Å². The summed E-state index contributed by atoms with van der Waals surface area (Å²) in [6, 6.07) is 16.5. The van der Waals surface area contributed by atoms with Crippen molar-refractivity contribution >= 4 is 34.0 Å². The lowest BCUT2D eigenvalue weighted by atomic mass is 10.0. The first-order valence-electron chi connectivity index (χ1n) is 9.02. The van der Waals surface area contributed by atoms with E-state index in [1.807, 2.05) is 62.4 Å². The molecule has 1 N–H and O–H groups in total. The number of carbonyl (C=O) groups excluding carboxylic acids is 1. The van der Waals surface area contributed by atoms with Crippen LogP contribution in [-0.2, 0) is 0 Å². The largest absolute Gasteiger partial charge is 0.357 e. The van der Waals surface area contributed by atoms with E-state index in [0.29, 0.717) is 6.04 Å². The van der Waals surface area contributed by atoms with Crippen molar-refractivity contribution in [1.29, 1.82) is 0 Å². The van der Waals surface area contributed by atoms with Gasteiger partial charge in [0.05, 0.1) is 5.25 Å². The lowest BCUT2D eigenvalue weighted by Gasteiger charge is -2.15. The van der Waals surface area contributed by atoms with Crippen molar-refractivity contribution in [1.82, 2.24) is 10.2 Å². The van der Waals surface area contributed by atoms with Gasteiger partial charge < -0.3 is 5.32 Å². The second-order valence-corrected chi connectivity index (χ2v) is 9.26. The van der Waals surface area contributed by atoms with Crippen LogP contribution in [0.1, 0.15) is 45.1 Å². The Balaban J connectivity index is 1.60. The fourth-order valence-electron chi connectivity index (χ4n) is 2.70. The first-order chi connectivity index (χ1) is 13.1. The zero-order valence-electron chi connectivity index (χ0n) is 15.3. The molecule has 4 rings (SSSR count). The summed E-state index contributed by atoms with van der Waals surface area (Å²) in [5.41, 5.74) is 4.03. The lowest BCUT2D eigenvalue weighted by molar-refractivity contribution is 0.0989. The van der Waals surface area contributed by atoms with Crippen LogP contribution in [0.5, 0.6) is 0 Å². The fraction of sp³-hybridized carbons (Fsp3) is 0.286. The molecule has 0 bridgehead atoms. The van der Waals surface area contributed by atoms with Crippen LogP contribution in [0.3, 0.4) is 0 Å². The molecule has 27 heavy (non-hydrogen) atoms. The average Bonchev–Trinajstić information content (AvgIpc) is 3.37. The number of anilines is 1. The number of hydrogen-bond acceptors (Lipinski definition) is 6. The molecule has 2 aromatic carbocycles. The van der Waals surface area contributed by atoms with Gasteiger partial charge in [-0.25, -0.2) is 0 Å². The number of aromatic nitrogens is 2. The number of ketones is 1. The van der Waals surface area contributed by atoms with E-state index in [2.05, 4.69) is 15.5 Å². The Morgan fingerprint density at radius 1 is 1.04 bits per heavy atom. The summed E-state index contributed by atoms with van der Waals surface area (Å²) in [5.74, 6) is 0.0933. The number of nitrogens with zero attached hydrogens (tertiary/aromatic N) is 2. The Morgan fingerprint density at radius 2 is 1.67 bits per heavy atom. The molecule has 0 amide bonds. The number of aryl methyl sites for hydroxylation is 2. The number of thioether (sulfide) groups is 1. The summed E-state index contributed by atoms with van der Waals surface area (Å²) in [6.07, 6.45) is 2.39. The van der Waals surface area contributed by atoms with Gasteiger partial charge in [-0.1, -0.05) is 82.8 Å². The van der Waals surface area contributed by atoms with E-state index in [0.717, 1.165) is 26.2 Å². The normalized spacial score (nSPS) is 14.7. The summed E-state index contributed by atoms with van der Waals surface area (Å²) in [7, 11) is 0. The quantitative estimate of drug-likeness (QED) is 0.426. The topological polar surface area (TPSA) is 54.9 Å². The molecule has 0 aliphatic heterocycles. The van der Waals surface area contributed by atoms with Crippen LogP contribution in [0.4, 0.5) is 5.13 Å². The van der Waals surface area contributed by atoms with E-state index in [9.17, 15) is 4.79 Å². The first-order valence-corrected chi connectivity index (χ1v) is 10.7. The van der Waals surface area contributed by atoms with E-state index in [1.165, 1.54) is 41.5 Å². The van der Waals surface area contributed by atoms with Gasteiger partial charge in [0.1, 0.15) is 0 Å². The zero-order chi connectivity index (χ0) is 18.8. The molecule has 1 aromatic heterocycles. The van der Waals surface area contributed by atoms with Crippen LogP contribution in [0.15, 0.2) is 52.9 Å². The molecule has 3 aromatic rings. The molecule has 1 heterocycles. The van der Waals surface area contributed by atoms with Crippen LogP contribution in [0.25, 0.3) is 0 Å². The number of carbonyl (C=O) groups is 1. The van der Waals surface area contributed by atoms with Crippen LogP contribution in [-0.4, -0.2) is 22.0 Å². The third-order valence-corrected chi connectivity index (χ3v) is 6.68. The summed E-state index contributed by atoms with van der Waals surface area (Å²) in [4.78, 5) is 13.3. The third-order valence-electron chi connectivity index (χ3n) is 4.48. The van der Waals surface area contributed by atoms with Crippen LogP contribution in [0.2, 0.25) is 0 Å². The molecular weight excluding hydrogens is 374 g/mol. The molecule has 6 heteroatoms. The number of benzene rings is 2. The summed E-state index contributed by atoms with van der Waals surface area (Å²) < 4.78 is 0.809. The van der Waals surface area contributed by atoms with Crippen molar-refractivity contribution in [2.45, 2.75) is 42.3 Å². The van der Waals surface area contributed by atoms with E-state index in [4.69, 9.17) is 0 Å². The van der Waals surface area contributed by atoms with Gasteiger partial charge in [-0.15, -0.1) is 10.2 Å². The standard InChI is InChI=1S/C21H21N3OS2/c1-13-3-7-15(8-4-13)18(25)19(16-9-5-14(2)6-10-16)26-21-24-23-20(27-21)22-17-11-12-17/h3-10,17,19H,11-12H2,1-2H3,(H,22,23)/t19-/m1/s1. The monoisotopic (exact) mass is 395 g/mol. The Morgan fingerprint density at radius 3 is 2.30 bits per heavy atom. The highest BCUT2D eigenvalue weighted by Crippen LogP contribution is 2.40. The SMILES string of the molecule is Cc1ccc(C(=O)[C@H](Sc2nnc(NC3CC3)s2)c2ccc(C)cc2)cc1. The Labute approximate surface area is 167 Å². The molecule has 0 radical (unpaired) electrons. The fourth-order valence-corrected chi connectivity index (χ4v) is 4.80. The van der Waals surface area contributed by atoms with Crippen molar-refractivity contribution in [2.24, 2.45) is 0 Å². The Hall–Kier alpha value is -2.18. The van der Waals surface area contributed by atoms with E-state index in [1.54, 1.807) is 0 Å². The predicted molar refractivity (Wildman–Crippen MR) is 112 cm³/mol. The molecule has 0 saturated heterocycles. The number of nitrogens with one attached hydrogen (secondary N) is 1. The van der Waals surface area contributed by atoms with Gasteiger partial charge in [0.15, 0.2) is 10.1 Å². The molecular formula is C21H21N3OS2.